The SMILES string of the molecule is CNCCc1c(Cl)[nH]c2c(Cl)cccc12. The van der Waals surface area contributed by atoms with Gasteiger partial charge in [0.1, 0.15) is 5.15 Å². The van der Waals surface area contributed by atoms with E-state index < -0.39 is 0 Å². The second-order valence-corrected chi connectivity index (χ2v) is 4.22. The van der Waals surface area contributed by atoms with Crippen molar-refractivity contribution in [3.63, 3.8) is 0 Å². The summed E-state index contributed by atoms with van der Waals surface area (Å²) in [5, 5.41) is 5.62. The second kappa shape index (κ2) is 4.44. The van der Waals surface area contributed by atoms with Crippen LogP contribution in [0.5, 0.6) is 0 Å². The van der Waals surface area contributed by atoms with Crippen LogP contribution in [0.25, 0.3) is 10.9 Å². The largest absolute Gasteiger partial charge is 0.344 e. The zero-order valence-electron chi connectivity index (χ0n) is 8.40. The summed E-state index contributed by atoms with van der Waals surface area (Å²) < 4.78 is 0. The minimum Gasteiger partial charge on any atom is -0.344 e. The van der Waals surface area contributed by atoms with Crippen LogP contribution < -0.4 is 5.32 Å². The van der Waals surface area contributed by atoms with E-state index >= 15 is 0 Å². The van der Waals surface area contributed by atoms with Crippen molar-refractivity contribution in [1.29, 1.82) is 0 Å². The molecule has 0 bridgehead atoms. The van der Waals surface area contributed by atoms with Gasteiger partial charge in [0, 0.05) is 5.39 Å². The van der Waals surface area contributed by atoms with Gasteiger partial charge in [-0.25, -0.2) is 0 Å². The first-order chi connectivity index (χ1) is 7.24. The number of nitrogens with one attached hydrogen (secondary N) is 2. The number of aromatic nitrogens is 1. The Morgan fingerprint density at radius 2 is 2.13 bits per heavy atom. The fraction of sp³-hybridized carbons (Fsp3) is 0.273. The smallest absolute Gasteiger partial charge is 0.110 e. The van der Waals surface area contributed by atoms with E-state index in [9.17, 15) is 0 Å². The van der Waals surface area contributed by atoms with Crippen molar-refractivity contribution in [2.24, 2.45) is 0 Å². The van der Waals surface area contributed by atoms with Gasteiger partial charge in [-0.2, -0.15) is 0 Å². The molecule has 0 saturated heterocycles. The number of rotatable bonds is 3. The van der Waals surface area contributed by atoms with Crippen molar-refractivity contribution < 1.29 is 0 Å². The van der Waals surface area contributed by atoms with Gasteiger partial charge in [0.05, 0.1) is 10.5 Å². The second-order valence-electron chi connectivity index (χ2n) is 3.43. The third kappa shape index (κ3) is 1.98. The molecule has 0 atom stereocenters. The molecule has 0 amide bonds. The molecule has 1 heterocycles. The van der Waals surface area contributed by atoms with Crippen LogP contribution in [0.3, 0.4) is 0 Å². The molecular weight excluding hydrogens is 231 g/mol. The highest BCUT2D eigenvalue weighted by Crippen LogP contribution is 2.30. The van der Waals surface area contributed by atoms with E-state index in [0.717, 1.165) is 29.4 Å². The number of para-hydroxylation sites is 1. The molecule has 80 valence electrons. The van der Waals surface area contributed by atoms with Crippen LogP contribution in [0.4, 0.5) is 0 Å². The van der Waals surface area contributed by atoms with Gasteiger partial charge in [-0.05, 0) is 31.6 Å². The molecule has 1 aromatic heterocycles. The predicted molar refractivity (Wildman–Crippen MR) is 65.9 cm³/mol. The number of hydrogen-bond acceptors (Lipinski definition) is 1. The Labute approximate surface area is 98.6 Å². The monoisotopic (exact) mass is 242 g/mol. The minimum atomic E-state index is 0.688. The Balaban J connectivity index is 2.53. The van der Waals surface area contributed by atoms with E-state index in [0.29, 0.717) is 10.2 Å². The van der Waals surface area contributed by atoms with E-state index in [-0.39, 0.29) is 0 Å². The number of aromatic amines is 1. The normalized spacial score (nSPS) is 11.1. The molecule has 2 rings (SSSR count). The Bertz CT molecular complexity index is 477. The highest BCUT2D eigenvalue weighted by Gasteiger charge is 2.10. The van der Waals surface area contributed by atoms with Gasteiger partial charge < -0.3 is 10.3 Å². The lowest BCUT2D eigenvalue weighted by atomic mass is 10.1. The van der Waals surface area contributed by atoms with E-state index in [1.54, 1.807) is 0 Å². The molecular formula is C11H12Cl2N2. The van der Waals surface area contributed by atoms with Crippen molar-refractivity contribution in [3.05, 3.63) is 33.9 Å². The molecule has 0 aliphatic rings. The van der Waals surface area contributed by atoms with Gasteiger partial charge in [0.15, 0.2) is 0 Å². The van der Waals surface area contributed by atoms with Gasteiger partial charge in [0.2, 0.25) is 0 Å². The molecule has 2 N–H and O–H groups in total. The minimum absolute atomic E-state index is 0.688. The molecule has 0 aliphatic carbocycles. The molecule has 0 unspecified atom stereocenters. The summed E-state index contributed by atoms with van der Waals surface area (Å²) in [7, 11) is 1.93. The fourth-order valence-electron chi connectivity index (χ4n) is 1.70. The van der Waals surface area contributed by atoms with Crippen LogP contribution in [-0.4, -0.2) is 18.6 Å². The lowest BCUT2D eigenvalue weighted by molar-refractivity contribution is 0.795. The molecule has 0 fully saturated rings. The number of benzene rings is 1. The Kier molecular flexibility index (Phi) is 3.19. The Morgan fingerprint density at radius 3 is 2.87 bits per heavy atom. The quantitative estimate of drug-likeness (QED) is 0.850. The average molecular weight is 243 g/mol. The molecule has 2 nitrogen and oxygen atoms in total. The topological polar surface area (TPSA) is 27.8 Å². The van der Waals surface area contributed by atoms with Gasteiger partial charge in [-0.1, -0.05) is 35.3 Å². The summed E-state index contributed by atoms with van der Waals surface area (Å²) in [6.45, 7) is 0.902. The van der Waals surface area contributed by atoms with Crippen molar-refractivity contribution in [2.45, 2.75) is 6.42 Å². The first-order valence-electron chi connectivity index (χ1n) is 4.83. The molecule has 0 aliphatic heterocycles. The molecule has 0 radical (unpaired) electrons. The first-order valence-corrected chi connectivity index (χ1v) is 5.59. The summed E-state index contributed by atoms with van der Waals surface area (Å²) in [6.07, 6.45) is 0.898. The Hall–Kier alpha value is -0.700. The van der Waals surface area contributed by atoms with Gasteiger partial charge in [0.25, 0.3) is 0 Å². The van der Waals surface area contributed by atoms with E-state index in [1.165, 1.54) is 0 Å². The summed E-state index contributed by atoms with van der Waals surface area (Å²) in [5.74, 6) is 0. The van der Waals surface area contributed by atoms with Crippen molar-refractivity contribution in [2.75, 3.05) is 13.6 Å². The van der Waals surface area contributed by atoms with Crippen LogP contribution in [-0.2, 0) is 6.42 Å². The lowest BCUT2D eigenvalue weighted by Gasteiger charge is -1.99. The summed E-state index contributed by atoms with van der Waals surface area (Å²) in [5.41, 5.74) is 2.05. The highest BCUT2D eigenvalue weighted by molar-refractivity contribution is 6.37. The molecule has 0 saturated carbocycles. The van der Waals surface area contributed by atoms with Gasteiger partial charge in [-0.15, -0.1) is 0 Å². The zero-order valence-corrected chi connectivity index (χ0v) is 9.91. The van der Waals surface area contributed by atoms with Crippen LogP contribution >= 0.6 is 23.2 Å². The van der Waals surface area contributed by atoms with Gasteiger partial charge >= 0.3 is 0 Å². The summed E-state index contributed by atoms with van der Waals surface area (Å²) in [6, 6.07) is 5.84. The molecule has 0 spiro atoms. The van der Waals surface area contributed by atoms with Crippen LogP contribution in [0, 0.1) is 0 Å². The van der Waals surface area contributed by atoms with Crippen LogP contribution in [0.1, 0.15) is 5.56 Å². The fourth-order valence-corrected chi connectivity index (χ4v) is 2.21. The van der Waals surface area contributed by atoms with E-state index in [1.807, 2.05) is 25.2 Å². The standard InChI is InChI=1S/C11H12Cl2N2/c1-14-6-5-8-7-3-2-4-9(12)10(7)15-11(8)13/h2-4,14-15H,5-6H2,1H3. The third-order valence-electron chi connectivity index (χ3n) is 2.46. The maximum absolute atomic E-state index is 6.13. The zero-order chi connectivity index (χ0) is 10.8. The average Bonchev–Trinajstić information content (AvgIpc) is 2.54. The number of H-pyrrole nitrogens is 1. The molecule has 1 aromatic carbocycles. The lowest BCUT2D eigenvalue weighted by Crippen LogP contribution is -2.10. The number of fused-ring (bicyclic) bond motifs is 1. The number of halogens is 2. The van der Waals surface area contributed by atoms with E-state index in [2.05, 4.69) is 10.3 Å². The van der Waals surface area contributed by atoms with E-state index in [4.69, 9.17) is 23.2 Å². The highest BCUT2D eigenvalue weighted by atomic mass is 35.5. The van der Waals surface area contributed by atoms with Crippen LogP contribution in [0.2, 0.25) is 10.2 Å². The van der Waals surface area contributed by atoms with Crippen LogP contribution in [0.15, 0.2) is 18.2 Å². The number of likely N-dealkylation sites (N-methyl/N-ethyl adjacent to an activating group) is 1. The Morgan fingerprint density at radius 1 is 1.33 bits per heavy atom. The third-order valence-corrected chi connectivity index (χ3v) is 3.10. The summed E-state index contributed by atoms with van der Waals surface area (Å²) >= 11 is 12.2. The molecule has 4 heteroatoms. The molecule has 2 aromatic rings. The predicted octanol–water partition coefficient (Wildman–Crippen LogP) is 3.24. The van der Waals surface area contributed by atoms with Gasteiger partial charge in [-0.3, -0.25) is 0 Å². The van der Waals surface area contributed by atoms with Crippen molar-refractivity contribution in [3.8, 4) is 0 Å². The van der Waals surface area contributed by atoms with Crippen molar-refractivity contribution in [1.82, 2.24) is 10.3 Å². The maximum atomic E-state index is 6.13. The maximum Gasteiger partial charge on any atom is 0.110 e. The number of hydrogen-bond donors (Lipinski definition) is 2. The van der Waals surface area contributed by atoms with Crippen molar-refractivity contribution >= 4 is 34.1 Å². The summed E-state index contributed by atoms with van der Waals surface area (Å²) in [4.78, 5) is 3.11. The molecule has 15 heavy (non-hydrogen) atoms. The first kappa shape index (κ1) is 10.8.